The minimum Gasteiger partial charge on any atom is -0.494 e. The fourth-order valence-corrected chi connectivity index (χ4v) is 5.04. The molecule has 0 aliphatic carbocycles. The number of nitrogens with zero attached hydrogens (tertiary/aromatic N) is 2. The zero-order chi connectivity index (χ0) is 24.9. The van der Waals surface area contributed by atoms with Gasteiger partial charge in [0.05, 0.1) is 6.61 Å². The molecule has 0 spiro atoms. The van der Waals surface area contributed by atoms with E-state index in [0.29, 0.717) is 47.4 Å². The summed E-state index contributed by atoms with van der Waals surface area (Å²) >= 11 is 6.40. The van der Waals surface area contributed by atoms with Gasteiger partial charge in [-0.05, 0) is 68.6 Å². The smallest absolute Gasteiger partial charge is 0.276 e. The minimum absolute atomic E-state index is 0.179. The van der Waals surface area contributed by atoms with Gasteiger partial charge in [-0.25, -0.2) is 0 Å². The molecule has 1 N–H and O–H groups in total. The summed E-state index contributed by atoms with van der Waals surface area (Å²) in [5.41, 5.74) is 3.25. The SMILES string of the molecule is Cc1[nH]c(CCCOc2cccc(CN3CCCCC3)c2)nc(=O)c1Cc1cc2c(cc1Cl)OCO2. The van der Waals surface area contributed by atoms with Crippen LogP contribution in [0.2, 0.25) is 5.02 Å². The van der Waals surface area contributed by atoms with E-state index in [9.17, 15) is 4.79 Å². The molecule has 190 valence electrons. The molecule has 2 aliphatic heterocycles. The third kappa shape index (κ3) is 6.02. The van der Waals surface area contributed by atoms with Crippen LogP contribution in [0.3, 0.4) is 0 Å². The first-order valence-corrected chi connectivity index (χ1v) is 13.0. The number of nitrogens with one attached hydrogen (secondary N) is 1. The number of ether oxygens (including phenoxy) is 3. The van der Waals surface area contributed by atoms with Gasteiger partial charge in [0.25, 0.3) is 5.56 Å². The Kier molecular flexibility index (Phi) is 7.78. The summed E-state index contributed by atoms with van der Waals surface area (Å²) in [5, 5.41) is 0.541. The molecule has 0 saturated carbocycles. The van der Waals surface area contributed by atoms with Gasteiger partial charge in [0.1, 0.15) is 11.6 Å². The first-order valence-electron chi connectivity index (χ1n) is 12.7. The predicted molar refractivity (Wildman–Crippen MR) is 139 cm³/mol. The first kappa shape index (κ1) is 24.7. The number of aromatic nitrogens is 2. The van der Waals surface area contributed by atoms with Crippen LogP contribution in [0.4, 0.5) is 0 Å². The fraction of sp³-hybridized carbons (Fsp3) is 0.429. The Bertz CT molecular complexity index is 1270. The normalized spacial score (nSPS) is 15.3. The van der Waals surface area contributed by atoms with Crippen LogP contribution in [0.5, 0.6) is 17.2 Å². The molecule has 2 aromatic carbocycles. The fourth-order valence-electron chi connectivity index (χ4n) is 4.82. The number of likely N-dealkylation sites (tertiary alicyclic amines) is 1. The number of hydrogen-bond acceptors (Lipinski definition) is 6. The third-order valence-electron chi connectivity index (χ3n) is 6.77. The molecule has 0 radical (unpaired) electrons. The summed E-state index contributed by atoms with van der Waals surface area (Å²) in [6.07, 6.45) is 5.69. The Morgan fingerprint density at radius 3 is 2.72 bits per heavy atom. The number of halogens is 1. The molecule has 1 aromatic heterocycles. The monoisotopic (exact) mass is 509 g/mol. The highest BCUT2D eigenvalue weighted by molar-refractivity contribution is 6.31. The predicted octanol–water partition coefficient (Wildman–Crippen LogP) is 5.05. The molecule has 7 nitrogen and oxygen atoms in total. The number of H-pyrrole nitrogens is 1. The molecule has 36 heavy (non-hydrogen) atoms. The van der Waals surface area contributed by atoms with Crippen molar-refractivity contribution in [3.63, 3.8) is 0 Å². The molecule has 5 rings (SSSR count). The number of aromatic amines is 1. The van der Waals surface area contributed by atoms with Crippen molar-refractivity contribution in [2.24, 2.45) is 0 Å². The average Bonchev–Trinajstić information content (AvgIpc) is 3.32. The minimum atomic E-state index is -0.235. The molecular formula is C28H32ClN3O4. The third-order valence-corrected chi connectivity index (χ3v) is 7.12. The highest BCUT2D eigenvalue weighted by atomic mass is 35.5. The van der Waals surface area contributed by atoms with Crippen LogP contribution in [0, 0.1) is 6.92 Å². The maximum atomic E-state index is 12.8. The molecule has 0 unspecified atom stereocenters. The van der Waals surface area contributed by atoms with Crippen LogP contribution < -0.4 is 19.8 Å². The number of piperidine rings is 1. The van der Waals surface area contributed by atoms with Gasteiger partial charge >= 0.3 is 0 Å². The standard InChI is InChI=1S/C28H32ClN3O4/c1-19-23(14-21-15-25-26(16-24(21)29)36-18-35-25)28(33)31-27(30-19)9-6-12-34-22-8-5-7-20(13-22)17-32-10-3-2-4-11-32/h5,7-8,13,15-16H,2-4,6,9-12,14,17-18H2,1H3,(H,30,31,33). The van der Waals surface area contributed by atoms with Crippen LogP contribution >= 0.6 is 11.6 Å². The zero-order valence-electron chi connectivity index (χ0n) is 20.6. The van der Waals surface area contributed by atoms with E-state index in [1.165, 1.54) is 37.9 Å². The van der Waals surface area contributed by atoms with Crippen molar-refractivity contribution in [2.45, 2.75) is 52.0 Å². The summed E-state index contributed by atoms with van der Waals surface area (Å²) < 4.78 is 16.8. The van der Waals surface area contributed by atoms with Crippen molar-refractivity contribution in [1.82, 2.24) is 14.9 Å². The quantitative estimate of drug-likeness (QED) is 0.407. The molecule has 0 atom stereocenters. The van der Waals surface area contributed by atoms with Crippen LogP contribution in [0.15, 0.2) is 41.2 Å². The second-order valence-electron chi connectivity index (χ2n) is 9.50. The summed E-state index contributed by atoms with van der Waals surface area (Å²) in [4.78, 5) is 22.9. The maximum Gasteiger partial charge on any atom is 0.276 e. The average molecular weight is 510 g/mol. The van der Waals surface area contributed by atoms with Crippen molar-refractivity contribution in [2.75, 3.05) is 26.5 Å². The molecule has 2 aliphatic rings. The van der Waals surface area contributed by atoms with Gasteiger partial charge in [-0.2, -0.15) is 4.98 Å². The molecule has 1 saturated heterocycles. The van der Waals surface area contributed by atoms with Crippen LogP contribution in [-0.2, 0) is 19.4 Å². The summed E-state index contributed by atoms with van der Waals surface area (Å²) in [6, 6.07) is 11.9. The topological polar surface area (TPSA) is 76.7 Å². The van der Waals surface area contributed by atoms with Gasteiger partial charge in [-0.3, -0.25) is 9.69 Å². The lowest BCUT2D eigenvalue weighted by atomic mass is 10.0. The molecule has 0 bridgehead atoms. The Balaban J connectivity index is 1.15. The number of fused-ring (bicyclic) bond motifs is 1. The Hall–Kier alpha value is -3.03. The van der Waals surface area contributed by atoms with E-state index in [1.807, 2.05) is 19.1 Å². The number of aryl methyl sites for hydroxylation is 2. The van der Waals surface area contributed by atoms with E-state index in [-0.39, 0.29) is 12.4 Å². The van der Waals surface area contributed by atoms with Gasteiger partial charge in [-0.1, -0.05) is 30.2 Å². The lowest BCUT2D eigenvalue weighted by Gasteiger charge is -2.26. The largest absolute Gasteiger partial charge is 0.494 e. The van der Waals surface area contributed by atoms with Crippen LogP contribution in [-0.4, -0.2) is 41.4 Å². The highest BCUT2D eigenvalue weighted by Gasteiger charge is 2.18. The van der Waals surface area contributed by atoms with Gasteiger partial charge in [0.15, 0.2) is 11.5 Å². The molecule has 1 fully saturated rings. The lowest BCUT2D eigenvalue weighted by molar-refractivity contribution is 0.174. The second-order valence-corrected chi connectivity index (χ2v) is 9.91. The molecule has 8 heteroatoms. The molecule has 0 amide bonds. The van der Waals surface area contributed by atoms with E-state index >= 15 is 0 Å². The van der Waals surface area contributed by atoms with E-state index in [0.717, 1.165) is 30.0 Å². The van der Waals surface area contributed by atoms with E-state index in [2.05, 4.69) is 33.1 Å². The molecule has 3 heterocycles. The lowest BCUT2D eigenvalue weighted by Crippen LogP contribution is -2.29. The summed E-state index contributed by atoms with van der Waals surface area (Å²) in [6.45, 7) is 5.97. The van der Waals surface area contributed by atoms with E-state index < -0.39 is 0 Å². The van der Waals surface area contributed by atoms with E-state index in [4.69, 9.17) is 25.8 Å². The Labute approximate surface area is 216 Å². The van der Waals surface area contributed by atoms with Gasteiger partial charge in [0.2, 0.25) is 6.79 Å². The van der Waals surface area contributed by atoms with E-state index in [1.54, 1.807) is 6.07 Å². The second kappa shape index (κ2) is 11.4. The van der Waals surface area contributed by atoms with Crippen molar-refractivity contribution in [3.8, 4) is 17.2 Å². The molecular weight excluding hydrogens is 478 g/mol. The first-order chi connectivity index (χ1) is 17.5. The maximum absolute atomic E-state index is 12.8. The summed E-state index contributed by atoms with van der Waals surface area (Å²) in [5.74, 6) is 2.82. The van der Waals surface area contributed by atoms with Crippen molar-refractivity contribution in [1.29, 1.82) is 0 Å². The van der Waals surface area contributed by atoms with Crippen LogP contribution in [0.25, 0.3) is 0 Å². The van der Waals surface area contributed by atoms with Gasteiger partial charge < -0.3 is 19.2 Å². The number of hydrogen-bond donors (Lipinski definition) is 1. The van der Waals surface area contributed by atoms with Crippen molar-refractivity contribution >= 4 is 11.6 Å². The zero-order valence-corrected chi connectivity index (χ0v) is 21.4. The Morgan fingerprint density at radius 1 is 1.11 bits per heavy atom. The number of rotatable bonds is 9. The van der Waals surface area contributed by atoms with Gasteiger partial charge in [-0.15, -0.1) is 0 Å². The Morgan fingerprint density at radius 2 is 1.92 bits per heavy atom. The number of benzene rings is 2. The van der Waals surface area contributed by atoms with Crippen molar-refractivity contribution in [3.05, 3.63) is 80.0 Å². The molecule has 3 aromatic rings. The van der Waals surface area contributed by atoms with Crippen molar-refractivity contribution < 1.29 is 14.2 Å². The van der Waals surface area contributed by atoms with Crippen LogP contribution in [0.1, 0.15) is 53.9 Å². The summed E-state index contributed by atoms with van der Waals surface area (Å²) in [7, 11) is 0. The highest BCUT2D eigenvalue weighted by Crippen LogP contribution is 2.37. The van der Waals surface area contributed by atoms with Gasteiger partial charge in [0, 0.05) is 41.7 Å².